The van der Waals surface area contributed by atoms with E-state index in [9.17, 15) is 14.7 Å². The third-order valence-electron chi connectivity index (χ3n) is 4.90. The van der Waals surface area contributed by atoms with Gasteiger partial charge in [0.05, 0.1) is 26.9 Å². The number of benzene rings is 1. The van der Waals surface area contributed by atoms with Crippen molar-refractivity contribution >= 4 is 17.4 Å². The van der Waals surface area contributed by atoms with Crippen LogP contribution in [-0.2, 0) is 9.59 Å². The molecular formula is C23H26N2O5. The van der Waals surface area contributed by atoms with Crippen molar-refractivity contribution in [1.82, 2.24) is 4.90 Å². The minimum Gasteiger partial charge on any atom is -0.872 e. The molecule has 158 valence electrons. The van der Waals surface area contributed by atoms with Crippen LogP contribution in [0.4, 0.5) is 0 Å². The van der Waals surface area contributed by atoms with Gasteiger partial charge in [-0.05, 0) is 29.8 Å². The molecule has 2 heterocycles. The van der Waals surface area contributed by atoms with Gasteiger partial charge in [-0.3, -0.25) is 9.59 Å². The van der Waals surface area contributed by atoms with Crippen molar-refractivity contribution in [3.05, 3.63) is 72.2 Å². The van der Waals surface area contributed by atoms with Crippen molar-refractivity contribution in [2.24, 2.45) is 0 Å². The summed E-state index contributed by atoms with van der Waals surface area (Å²) >= 11 is 0. The van der Waals surface area contributed by atoms with E-state index in [2.05, 4.69) is 6.58 Å². The number of amides is 1. The van der Waals surface area contributed by atoms with Gasteiger partial charge in [-0.1, -0.05) is 30.5 Å². The summed E-state index contributed by atoms with van der Waals surface area (Å²) < 4.78 is 10.9. The van der Waals surface area contributed by atoms with Crippen LogP contribution in [-0.4, -0.2) is 50.4 Å². The Morgan fingerprint density at radius 1 is 1.27 bits per heavy atom. The summed E-state index contributed by atoms with van der Waals surface area (Å²) in [6.45, 7) is 5.14. The minimum absolute atomic E-state index is 0.0769. The van der Waals surface area contributed by atoms with Crippen LogP contribution in [0.5, 0.6) is 5.75 Å². The number of hydrogen-bond donors (Lipinski definition) is 1. The van der Waals surface area contributed by atoms with Gasteiger partial charge in [-0.15, -0.1) is 0 Å². The first-order valence-corrected chi connectivity index (χ1v) is 9.87. The summed E-state index contributed by atoms with van der Waals surface area (Å²) in [6, 6.07) is 9.02. The second-order valence-corrected chi connectivity index (χ2v) is 7.42. The van der Waals surface area contributed by atoms with Crippen LogP contribution in [0.1, 0.15) is 23.8 Å². The highest BCUT2D eigenvalue weighted by molar-refractivity contribution is 6.46. The molecule has 1 amide bonds. The zero-order valence-corrected chi connectivity index (χ0v) is 17.2. The van der Waals surface area contributed by atoms with E-state index in [0.717, 1.165) is 6.54 Å². The Morgan fingerprint density at radius 3 is 2.60 bits per heavy atom. The highest BCUT2D eigenvalue weighted by Crippen LogP contribution is 2.38. The van der Waals surface area contributed by atoms with Gasteiger partial charge in [0.15, 0.2) is 0 Å². The van der Waals surface area contributed by atoms with E-state index >= 15 is 0 Å². The molecule has 3 rings (SSSR count). The molecule has 0 aliphatic carbocycles. The lowest BCUT2D eigenvalue weighted by molar-refractivity contribution is -0.858. The van der Waals surface area contributed by atoms with Crippen molar-refractivity contribution in [3.63, 3.8) is 0 Å². The minimum atomic E-state index is -0.818. The number of rotatable bonds is 9. The number of carbonyl (C=O) groups excluding carboxylic acids is 2. The summed E-state index contributed by atoms with van der Waals surface area (Å²) in [5, 5.41) is 13.2. The molecule has 1 aromatic carbocycles. The van der Waals surface area contributed by atoms with E-state index in [0.29, 0.717) is 36.6 Å². The second kappa shape index (κ2) is 9.45. The fraction of sp³-hybridized carbons (Fsp3) is 0.304. The summed E-state index contributed by atoms with van der Waals surface area (Å²) in [7, 11) is 4.04. The number of Topliss-reactive ketones (excluding diaryl/α,β-unsaturated/α-hetero) is 1. The number of ether oxygens (including phenoxy) is 1. The number of ketones is 1. The molecule has 1 aromatic heterocycles. The summed E-state index contributed by atoms with van der Waals surface area (Å²) in [5.74, 6) is -0.933. The Hall–Kier alpha value is -3.32. The molecule has 7 nitrogen and oxygen atoms in total. The molecule has 0 bridgehead atoms. The molecule has 1 atom stereocenters. The Labute approximate surface area is 175 Å². The maximum atomic E-state index is 13.2. The molecule has 1 N–H and O–H groups in total. The molecule has 1 aliphatic rings. The summed E-state index contributed by atoms with van der Waals surface area (Å²) in [4.78, 5) is 28.2. The quantitative estimate of drug-likeness (QED) is 0.283. The van der Waals surface area contributed by atoms with Gasteiger partial charge in [-0.2, -0.15) is 0 Å². The van der Waals surface area contributed by atoms with Crippen LogP contribution in [0.2, 0.25) is 0 Å². The largest absolute Gasteiger partial charge is 0.872 e. The van der Waals surface area contributed by atoms with E-state index < -0.39 is 23.5 Å². The van der Waals surface area contributed by atoms with E-state index in [4.69, 9.17) is 9.15 Å². The van der Waals surface area contributed by atoms with Crippen LogP contribution in [0.3, 0.4) is 0 Å². The van der Waals surface area contributed by atoms with E-state index in [1.807, 2.05) is 14.1 Å². The maximum Gasteiger partial charge on any atom is 0.295 e. The number of quaternary nitrogens is 1. The molecule has 0 radical (unpaired) electrons. The van der Waals surface area contributed by atoms with Crippen molar-refractivity contribution in [1.29, 1.82) is 0 Å². The lowest BCUT2D eigenvalue weighted by Gasteiger charge is -2.25. The highest BCUT2D eigenvalue weighted by Gasteiger charge is 2.45. The summed E-state index contributed by atoms with van der Waals surface area (Å²) in [6.07, 6.45) is 3.80. The fourth-order valence-electron chi connectivity index (χ4n) is 3.46. The molecule has 30 heavy (non-hydrogen) atoms. The second-order valence-electron chi connectivity index (χ2n) is 7.42. The topological polar surface area (TPSA) is 87.2 Å². The van der Waals surface area contributed by atoms with Gasteiger partial charge in [0, 0.05) is 18.5 Å². The Morgan fingerprint density at radius 2 is 2.00 bits per heavy atom. The lowest BCUT2D eigenvalue weighted by atomic mass is 9.99. The smallest absolute Gasteiger partial charge is 0.295 e. The molecule has 0 spiro atoms. The normalized spacial score (nSPS) is 18.2. The van der Waals surface area contributed by atoms with Crippen molar-refractivity contribution < 1.29 is 28.7 Å². The Balaban J connectivity index is 1.96. The first-order chi connectivity index (χ1) is 14.4. The first kappa shape index (κ1) is 21.4. The lowest BCUT2D eigenvalue weighted by Crippen LogP contribution is -3.05. The molecule has 1 unspecified atom stereocenters. The third kappa shape index (κ3) is 4.46. The van der Waals surface area contributed by atoms with Gasteiger partial charge in [0.25, 0.3) is 5.91 Å². The van der Waals surface area contributed by atoms with Crippen molar-refractivity contribution in [2.75, 3.05) is 33.8 Å². The van der Waals surface area contributed by atoms with E-state index in [1.54, 1.807) is 42.5 Å². The van der Waals surface area contributed by atoms with Crippen LogP contribution in [0.25, 0.3) is 5.76 Å². The van der Waals surface area contributed by atoms with Crippen LogP contribution in [0.15, 0.2) is 65.3 Å². The third-order valence-corrected chi connectivity index (χ3v) is 4.90. The van der Waals surface area contributed by atoms with Gasteiger partial charge >= 0.3 is 0 Å². The molecule has 1 aliphatic heterocycles. The molecular weight excluding hydrogens is 384 g/mol. The van der Waals surface area contributed by atoms with E-state index in [-0.39, 0.29) is 5.57 Å². The SMILES string of the molecule is C=CCOc1ccc(/C([O-])=C2\C(=O)C(=O)N(CCC[NH+](C)C)C2c2ccco2)cc1. The predicted molar refractivity (Wildman–Crippen MR) is 110 cm³/mol. The van der Waals surface area contributed by atoms with Gasteiger partial charge in [0.1, 0.15) is 24.2 Å². The van der Waals surface area contributed by atoms with Crippen LogP contribution in [0, 0.1) is 0 Å². The monoisotopic (exact) mass is 410 g/mol. The van der Waals surface area contributed by atoms with Crippen molar-refractivity contribution in [3.8, 4) is 5.75 Å². The molecule has 7 heteroatoms. The highest BCUT2D eigenvalue weighted by atomic mass is 16.5. The maximum absolute atomic E-state index is 13.2. The molecule has 1 saturated heterocycles. The fourth-order valence-corrected chi connectivity index (χ4v) is 3.46. The number of carbonyl (C=O) groups is 2. The molecule has 2 aromatic rings. The average Bonchev–Trinajstić information content (AvgIpc) is 3.34. The number of nitrogens with zero attached hydrogens (tertiary/aromatic N) is 1. The Kier molecular flexibility index (Phi) is 6.74. The first-order valence-electron chi connectivity index (χ1n) is 9.87. The van der Waals surface area contributed by atoms with Gasteiger partial charge in [-0.25, -0.2) is 0 Å². The van der Waals surface area contributed by atoms with Crippen molar-refractivity contribution in [2.45, 2.75) is 12.5 Å². The summed E-state index contributed by atoms with van der Waals surface area (Å²) in [5.41, 5.74) is 0.236. The number of hydrogen-bond acceptors (Lipinski definition) is 5. The zero-order valence-electron chi connectivity index (χ0n) is 17.2. The molecule has 1 fully saturated rings. The standard InChI is InChI=1S/C23H26N2O5/c1-4-14-29-17-10-8-16(9-11-17)21(26)19-20(18-7-5-15-30-18)25(23(28)22(19)27)13-6-12-24(2)3/h4-5,7-11,15,20,26H,1,6,12-14H2,2-3H3/b21-19+. The zero-order chi connectivity index (χ0) is 21.7. The Bertz CT molecular complexity index is 929. The number of likely N-dealkylation sites (tertiary alicyclic amines) is 1. The van der Waals surface area contributed by atoms with Crippen LogP contribution >= 0.6 is 0 Å². The predicted octanol–water partition coefficient (Wildman–Crippen LogP) is 0.603. The van der Waals surface area contributed by atoms with Gasteiger partial charge in [0.2, 0.25) is 5.78 Å². The number of furan rings is 1. The molecule has 0 saturated carbocycles. The van der Waals surface area contributed by atoms with Gasteiger partial charge < -0.3 is 24.1 Å². The van der Waals surface area contributed by atoms with E-state index in [1.165, 1.54) is 16.1 Å². The number of nitrogens with one attached hydrogen (secondary N) is 1. The average molecular weight is 410 g/mol. The van der Waals surface area contributed by atoms with Crippen LogP contribution < -0.4 is 14.7 Å².